The molecular formula is C24H27F3N4O3. The van der Waals surface area contributed by atoms with Crippen molar-refractivity contribution in [2.45, 2.75) is 45.5 Å². The lowest BCUT2D eigenvalue weighted by Gasteiger charge is -2.21. The van der Waals surface area contributed by atoms with Crippen molar-refractivity contribution < 1.29 is 27.4 Å². The van der Waals surface area contributed by atoms with E-state index in [4.69, 9.17) is 19.9 Å². The van der Waals surface area contributed by atoms with Crippen LogP contribution in [0.25, 0.3) is 10.9 Å². The van der Waals surface area contributed by atoms with E-state index < -0.39 is 17.8 Å². The van der Waals surface area contributed by atoms with Crippen LogP contribution in [0.2, 0.25) is 0 Å². The Balaban J connectivity index is 1.73. The number of rotatable bonds is 4. The molecule has 3 N–H and O–H groups in total. The highest BCUT2D eigenvalue weighted by Gasteiger charge is 2.31. The normalized spacial score (nSPS) is 17.5. The first kappa shape index (κ1) is 23.9. The first-order valence-electron chi connectivity index (χ1n) is 11.1. The number of hydrogen-bond donors (Lipinski definition) is 2. The highest BCUT2D eigenvalue weighted by molar-refractivity contribution is 5.92. The van der Waals surface area contributed by atoms with Gasteiger partial charge in [-0.05, 0) is 50.1 Å². The summed E-state index contributed by atoms with van der Waals surface area (Å²) < 4.78 is 57.4. The highest BCUT2D eigenvalue weighted by Crippen LogP contribution is 2.37. The van der Waals surface area contributed by atoms with Crippen LogP contribution < -0.4 is 20.5 Å². The molecule has 1 aromatic heterocycles. The lowest BCUT2D eigenvalue weighted by Crippen LogP contribution is -2.22. The minimum Gasteiger partial charge on any atom is -0.487 e. The summed E-state index contributed by atoms with van der Waals surface area (Å²) in [5.41, 5.74) is 6.01. The summed E-state index contributed by atoms with van der Waals surface area (Å²) in [6.07, 6.45) is -3.89. The fourth-order valence-electron chi connectivity index (χ4n) is 3.79. The van der Waals surface area contributed by atoms with Gasteiger partial charge in [-0.2, -0.15) is 13.2 Å². The van der Waals surface area contributed by atoms with E-state index in [-0.39, 0.29) is 11.8 Å². The zero-order valence-electron chi connectivity index (χ0n) is 19.2. The predicted molar refractivity (Wildman–Crippen MR) is 123 cm³/mol. The Morgan fingerprint density at radius 1 is 1.12 bits per heavy atom. The van der Waals surface area contributed by atoms with Gasteiger partial charge in [-0.15, -0.1) is 0 Å². The summed E-state index contributed by atoms with van der Waals surface area (Å²) in [6, 6.07) is 6.60. The molecule has 0 fully saturated rings. The molecule has 0 saturated carbocycles. The first-order valence-corrected chi connectivity index (χ1v) is 11.1. The quantitative estimate of drug-likeness (QED) is 0.495. The topological polar surface area (TPSA) is 91.5 Å². The minimum absolute atomic E-state index is 0.0398. The van der Waals surface area contributed by atoms with Crippen molar-refractivity contribution in [2.75, 3.05) is 30.9 Å². The number of anilines is 2. The van der Waals surface area contributed by atoms with E-state index in [9.17, 15) is 13.2 Å². The van der Waals surface area contributed by atoms with Crippen LogP contribution >= 0.6 is 0 Å². The highest BCUT2D eigenvalue weighted by atomic mass is 19.4. The van der Waals surface area contributed by atoms with Crippen LogP contribution in [0.4, 0.5) is 24.7 Å². The average Bonchev–Trinajstić information content (AvgIpc) is 2.86. The van der Waals surface area contributed by atoms with Crippen molar-refractivity contribution in [2.24, 2.45) is 0 Å². The second-order valence-electron chi connectivity index (χ2n) is 8.26. The zero-order chi connectivity index (χ0) is 24.5. The average molecular weight is 476 g/mol. The molecular weight excluding hydrogens is 449 g/mol. The number of ether oxygens (including phenoxy) is 3. The number of nitrogens with one attached hydrogen (secondary N) is 1. The van der Waals surface area contributed by atoms with Gasteiger partial charge in [0, 0.05) is 17.1 Å². The monoisotopic (exact) mass is 476 g/mol. The second-order valence-corrected chi connectivity index (χ2v) is 8.26. The standard InChI is InChI=1S/C24H27F3N4O3/c1-4-18-12-32-5-6-33-21-11-20-19(10-22(21)34-18)23(31-14(3)30-20)29-13(2)15-7-16(24(25,26)27)9-17(28)8-15/h7-11,13,18H,4-6,12,28H2,1-3H3,(H,29,30,31)/t13?,18-/m0/s1. The molecule has 0 saturated heterocycles. The Morgan fingerprint density at radius 3 is 2.65 bits per heavy atom. The van der Waals surface area contributed by atoms with Crippen LogP contribution in [0, 0.1) is 6.92 Å². The summed E-state index contributed by atoms with van der Waals surface area (Å²) in [7, 11) is 0. The molecule has 2 heterocycles. The smallest absolute Gasteiger partial charge is 0.416 e. The van der Waals surface area contributed by atoms with Gasteiger partial charge >= 0.3 is 6.18 Å². The fraction of sp³-hybridized carbons (Fsp3) is 0.417. The maximum absolute atomic E-state index is 13.3. The molecule has 2 aromatic carbocycles. The Kier molecular flexibility index (Phi) is 6.70. The molecule has 1 aliphatic rings. The van der Waals surface area contributed by atoms with Crippen molar-refractivity contribution in [1.29, 1.82) is 0 Å². The number of fused-ring (bicyclic) bond motifs is 2. The third-order valence-corrected chi connectivity index (χ3v) is 5.57. The van der Waals surface area contributed by atoms with Crippen molar-refractivity contribution in [3.63, 3.8) is 0 Å². The van der Waals surface area contributed by atoms with E-state index in [1.807, 2.05) is 6.92 Å². The van der Waals surface area contributed by atoms with E-state index in [1.54, 1.807) is 26.0 Å². The van der Waals surface area contributed by atoms with E-state index in [0.29, 0.717) is 59.4 Å². The molecule has 34 heavy (non-hydrogen) atoms. The fourth-order valence-corrected chi connectivity index (χ4v) is 3.79. The second kappa shape index (κ2) is 9.54. The number of nitrogens with zero attached hydrogens (tertiary/aromatic N) is 2. The van der Waals surface area contributed by atoms with Crippen LogP contribution in [0.1, 0.15) is 43.3 Å². The van der Waals surface area contributed by atoms with Crippen LogP contribution in [-0.2, 0) is 10.9 Å². The van der Waals surface area contributed by atoms with Crippen LogP contribution in [0.15, 0.2) is 30.3 Å². The van der Waals surface area contributed by atoms with Gasteiger partial charge in [0.1, 0.15) is 24.4 Å². The van der Waals surface area contributed by atoms with Gasteiger partial charge in [-0.3, -0.25) is 0 Å². The number of aryl methyl sites for hydroxylation is 1. The molecule has 10 heteroatoms. The molecule has 7 nitrogen and oxygen atoms in total. The Morgan fingerprint density at radius 2 is 1.91 bits per heavy atom. The Hall–Kier alpha value is -3.27. The number of nitrogen functional groups attached to an aromatic ring is 1. The molecule has 1 unspecified atom stereocenters. The van der Waals surface area contributed by atoms with E-state index in [0.717, 1.165) is 18.6 Å². The minimum atomic E-state index is -4.49. The van der Waals surface area contributed by atoms with Crippen molar-refractivity contribution in [1.82, 2.24) is 9.97 Å². The van der Waals surface area contributed by atoms with Crippen molar-refractivity contribution in [3.05, 3.63) is 47.3 Å². The Labute approximate surface area is 195 Å². The number of halogens is 3. The maximum atomic E-state index is 13.3. The van der Waals surface area contributed by atoms with E-state index in [2.05, 4.69) is 15.3 Å². The number of nitrogens with two attached hydrogens (primary N) is 1. The third kappa shape index (κ3) is 5.27. The maximum Gasteiger partial charge on any atom is 0.416 e. The van der Waals surface area contributed by atoms with Crippen LogP contribution in [0.5, 0.6) is 11.5 Å². The van der Waals surface area contributed by atoms with Gasteiger partial charge in [0.25, 0.3) is 0 Å². The van der Waals surface area contributed by atoms with Crippen molar-refractivity contribution >= 4 is 22.4 Å². The van der Waals surface area contributed by atoms with Gasteiger partial charge in [0.2, 0.25) is 0 Å². The molecule has 182 valence electrons. The molecule has 0 aliphatic carbocycles. The number of alkyl halides is 3. The molecule has 2 atom stereocenters. The molecule has 0 bridgehead atoms. The van der Waals surface area contributed by atoms with Crippen LogP contribution in [-0.4, -0.2) is 35.9 Å². The van der Waals surface area contributed by atoms with Gasteiger partial charge in [0.05, 0.1) is 30.3 Å². The number of aromatic nitrogens is 2. The lowest BCUT2D eigenvalue weighted by atomic mass is 10.0. The van der Waals surface area contributed by atoms with Gasteiger partial charge in [-0.1, -0.05) is 6.92 Å². The van der Waals surface area contributed by atoms with Gasteiger partial charge in [0.15, 0.2) is 11.5 Å². The van der Waals surface area contributed by atoms with Crippen LogP contribution in [0.3, 0.4) is 0 Å². The first-order chi connectivity index (χ1) is 16.1. The molecule has 1 aliphatic heterocycles. The number of hydrogen-bond acceptors (Lipinski definition) is 7. The zero-order valence-corrected chi connectivity index (χ0v) is 19.2. The Bertz CT molecular complexity index is 1190. The number of benzene rings is 2. The molecule has 4 rings (SSSR count). The van der Waals surface area contributed by atoms with Gasteiger partial charge in [-0.25, -0.2) is 9.97 Å². The van der Waals surface area contributed by atoms with Gasteiger partial charge < -0.3 is 25.3 Å². The summed E-state index contributed by atoms with van der Waals surface area (Å²) in [6.45, 7) is 6.78. The van der Waals surface area contributed by atoms with E-state index in [1.165, 1.54) is 6.07 Å². The largest absolute Gasteiger partial charge is 0.487 e. The van der Waals surface area contributed by atoms with E-state index >= 15 is 0 Å². The SMILES string of the molecule is CC[C@H]1COCCOc2cc3nc(C)nc(NC(C)c4cc(N)cc(C(F)(F)F)c4)c3cc2O1. The van der Waals surface area contributed by atoms with Crippen molar-refractivity contribution in [3.8, 4) is 11.5 Å². The summed E-state index contributed by atoms with van der Waals surface area (Å²) in [4.78, 5) is 9.03. The molecule has 0 spiro atoms. The molecule has 0 radical (unpaired) electrons. The summed E-state index contributed by atoms with van der Waals surface area (Å²) in [5, 5.41) is 3.89. The molecule has 0 amide bonds. The summed E-state index contributed by atoms with van der Waals surface area (Å²) >= 11 is 0. The third-order valence-electron chi connectivity index (χ3n) is 5.57. The lowest BCUT2D eigenvalue weighted by molar-refractivity contribution is -0.137. The summed E-state index contributed by atoms with van der Waals surface area (Å²) in [5.74, 6) is 2.07. The molecule has 3 aromatic rings. The predicted octanol–water partition coefficient (Wildman–Crippen LogP) is 5.28.